The van der Waals surface area contributed by atoms with E-state index in [0.717, 1.165) is 0 Å². The number of aromatic amines is 4. The number of carbonyl (C=O) groups is 3. The van der Waals surface area contributed by atoms with E-state index in [4.69, 9.17) is 81.1 Å². The van der Waals surface area contributed by atoms with Gasteiger partial charge < -0.3 is 130 Å². The minimum atomic E-state index is -1.31. The first-order valence-electron chi connectivity index (χ1n) is 34.5. The monoisotopic (exact) mass is 1500 g/mol. The van der Waals surface area contributed by atoms with Gasteiger partial charge in [0.1, 0.15) is 167 Å². The Morgan fingerprint density at radius 2 is 0.785 bits per heavy atom. The first kappa shape index (κ1) is 78.9. The quantitative estimate of drug-likeness (QED) is 0.0462. The number of anilines is 4. The maximum atomic E-state index is 12.7. The summed E-state index contributed by atoms with van der Waals surface area (Å²) in [5.74, 6) is -3.54. The number of aromatic nitrogens is 12. The van der Waals surface area contributed by atoms with Gasteiger partial charge in [0.05, 0.1) is 19.1 Å². The Labute approximate surface area is 607 Å². The highest BCUT2D eigenvalue weighted by Crippen LogP contribution is 2.49. The summed E-state index contributed by atoms with van der Waals surface area (Å²) in [6.07, 6.45) is -5.98. The smallest absolute Gasteiger partial charge is 0.323 e. The molecule has 107 heavy (non-hydrogen) atoms. The van der Waals surface area contributed by atoms with E-state index in [1.807, 2.05) is 27.7 Å². The lowest BCUT2D eigenvalue weighted by Crippen LogP contribution is -2.40. The largest absolute Gasteiger partial charge is 0.463 e. The van der Waals surface area contributed by atoms with Crippen LogP contribution in [-0.2, 0) is 89.9 Å². The van der Waals surface area contributed by atoms with E-state index in [9.17, 15) is 59.1 Å². The fourth-order valence-corrected chi connectivity index (χ4v) is 14.4. The lowest BCUT2D eigenvalue weighted by atomic mass is 9.91. The van der Waals surface area contributed by atoms with E-state index in [1.165, 1.54) is 11.5 Å². The maximum Gasteiger partial charge on any atom is 0.323 e. The van der Waals surface area contributed by atoms with Crippen molar-refractivity contribution >= 4 is 85.6 Å². The van der Waals surface area contributed by atoms with Gasteiger partial charge in [0.25, 0.3) is 22.2 Å². The zero-order valence-corrected chi connectivity index (χ0v) is 61.0. The number of aryl methyl sites for hydroxylation is 4. The van der Waals surface area contributed by atoms with Gasteiger partial charge in [-0.1, -0.05) is 27.7 Å². The van der Waals surface area contributed by atoms with E-state index in [0.29, 0.717) is 49.8 Å². The first-order valence-corrected chi connectivity index (χ1v) is 34.5. The minimum Gasteiger partial charge on any atom is -0.463 e. The van der Waals surface area contributed by atoms with Gasteiger partial charge in [-0.3, -0.25) is 48.7 Å². The van der Waals surface area contributed by atoms with Crippen LogP contribution in [0.2, 0.25) is 0 Å². The molecule has 18 atom stereocenters. The molecule has 8 aromatic heterocycles. The lowest BCUT2D eigenvalue weighted by molar-refractivity contribution is -0.194. The number of aliphatic hydroxyl groups excluding tert-OH is 6. The van der Waals surface area contributed by atoms with Crippen molar-refractivity contribution in [2.75, 3.05) is 49.4 Å². The van der Waals surface area contributed by atoms with Crippen LogP contribution in [-0.4, -0.2) is 224 Å². The second kappa shape index (κ2) is 30.5. The standard InChI is InChI=1S/C23H32N4O7.C17H25N5O6.C15H20N4O5.C12H16N4O5/c1-10(2)12(7-11(3)28)21(30)31-9-14-18-19(34-23(4,5)33-18)17(32-14)13-8-27(6)16-15(13)25-22(24)26-20(16)29;1-6(2)9(18)16(26)27-5-8-12(23)13(24)14(28-8)7-4-22(3)11-10(7)20-17(19)21-15(11)25;1-15(2)23-11-7(5-20)22-10(12(11)24-15)6-4-19(3)9-8(6)17-14(16)18-13(9)21;1-16-2-4(6-7(16)11(20)15-12(13)14-6)10-9(19)8(18)5(3-17)21-10/h8,10,12,14,17-19H,7,9H2,1-6H3,(H3,24,25,26,29);4,6,8-9,12-14,23-24H,5,18H2,1-3H3,(H3,19,20,21,25);4,7,10-12,20H,5H2,1-3H3,(H3,16,17,18,21);2,5,8-10,17-19H,3H2,1H3,(H3,13,14,15,20)/t12-,14+,17-,18+,19?;8-,9+,12-,13?,14+;7-,10+,11-,12?;5-,8-,9?,10+/m0111/s1. The van der Waals surface area contributed by atoms with Gasteiger partial charge in [-0.2, -0.15) is 0 Å². The van der Waals surface area contributed by atoms with Gasteiger partial charge in [0.15, 0.2) is 11.6 Å². The molecule has 0 saturated carbocycles. The summed E-state index contributed by atoms with van der Waals surface area (Å²) >= 11 is 0. The molecule has 0 spiro atoms. The number of ketones is 1. The molecule has 14 rings (SSSR count). The molecule has 6 aliphatic heterocycles. The number of hydrogen-bond donors (Lipinski definition) is 15. The van der Waals surface area contributed by atoms with Crippen LogP contribution in [0, 0.1) is 17.8 Å². The molecule has 0 aromatic carbocycles. The molecular formula is C67H93N17O23. The van der Waals surface area contributed by atoms with Gasteiger partial charge in [0.2, 0.25) is 23.8 Å². The Kier molecular flexibility index (Phi) is 22.5. The zero-order valence-electron chi connectivity index (χ0n) is 61.0. The summed E-state index contributed by atoms with van der Waals surface area (Å²) in [5, 5.41) is 59.4. The van der Waals surface area contributed by atoms with Crippen LogP contribution < -0.4 is 50.9 Å². The molecule has 40 heteroatoms. The number of fused-ring (bicyclic) bond motifs is 6. The van der Waals surface area contributed by atoms with Crippen molar-refractivity contribution in [3.8, 4) is 0 Å². The SMILES string of the molecule is CC(=O)C[C@H](C(=O)OC[C@H]1O[C@@H](c2cn(C)c3c(=O)[nH]c(N)nc23)C2OC(C)(C)O[C@@H]21)C(C)C.CC(C)[C@H](N)C(=O)OC[C@H]1O[C@@H](c2cn(C)c3c(=O)[nH]c(N)nc23)C(O)[C@@H]1O.Cn1cc([C@@H]2O[C@H](CO)[C@@H](O)C2O)c2nc(N)[nH]c(=O)c21.Cn1cc([C@@H]2O[C@H](CO)[C@H]3OC(C)(C)OC23)c2nc(N)[nH]c(=O)c21. The van der Waals surface area contributed by atoms with Crippen LogP contribution in [0.1, 0.15) is 115 Å². The summed E-state index contributed by atoms with van der Waals surface area (Å²) < 4.78 is 64.7. The summed E-state index contributed by atoms with van der Waals surface area (Å²) in [4.78, 5) is 112. The fraction of sp³-hybridized carbons (Fsp3) is 0.597. The van der Waals surface area contributed by atoms with E-state index < -0.39 is 145 Å². The number of nitrogens with zero attached hydrogens (tertiary/aromatic N) is 8. The van der Waals surface area contributed by atoms with Crippen molar-refractivity contribution in [1.29, 1.82) is 0 Å². The fourth-order valence-electron chi connectivity index (χ4n) is 14.4. The number of H-pyrrole nitrogens is 4. The van der Waals surface area contributed by atoms with Crippen LogP contribution in [0.5, 0.6) is 0 Å². The number of aliphatic hydroxyl groups is 6. The van der Waals surface area contributed by atoms with Crippen LogP contribution >= 0.6 is 0 Å². The number of carbonyl (C=O) groups excluding carboxylic acids is 3. The third kappa shape index (κ3) is 15.5. The number of nitrogen functional groups attached to an aromatic ring is 4. The average molecular weight is 1500 g/mol. The first-order chi connectivity index (χ1) is 50.2. The van der Waals surface area contributed by atoms with Crippen LogP contribution in [0.25, 0.3) is 44.1 Å². The molecule has 6 saturated heterocycles. The van der Waals surface area contributed by atoms with Crippen LogP contribution in [0.15, 0.2) is 44.0 Å². The molecule has 584 valence electrons. The highest BCUT2D eigenvalue weighted by atomic mass is 16.8. The molecule has 6 fully saturated rings. The molecular weight excluding hydrogens is 1410 g/mol. The van der Waals surface area contributed by atoms with Crippen molar-refractivity contribution in [1.82, 2.24) is 58.1 Å². The van der Waals surface area contributed by atoms with Crippen molar-refractivity contribution in [3.05, 3.63) is 88.5 Å². The van der Waals surface area contributed by atoms with Crippen molar-refractivity contribution in [3.63, 3.8) is 0 Å². The number of ether oxygens (including phenoxy) is 10. The van der Waals surface area contributed by atoms with Gasteiger partial charge >= 0.3 is 11.9 Å². The van der Waals surface area contributed by atoms with Crippen molar-refractivity contribution in [2.45, 2.75) is 184 Å². The normalized spacial score (nSPS) is 28.2. The summed E-state index contributed by atoms with van der Waals surface area (Å²) in [5.41, 5.74) is 31.8. The van der Waals surface area contributed by atoms with Crippen LogP contribution in [0.4, 0.5) is 23.8 Å². The zero-order chi connectivity index (χ0) is 78.2. The highest BCUT2D eigenvalue weighted by Gasteiger charge is 2.58. The molecule has 20 N–H and O–H groups in total. The van der Waals surface area contributed by atoms with E-state index in [-0.39, 0.29) is 101 Å². The Bertz CT molecular complexity index is 4900. The molecule has 0 aliphatic carbocycles. The van der Waals surface area contributed by atoms with Crippen molar-refractivity contribution in [2.24, 2.45) is 51.7 Å². The molecule has 0 radical (unpaired) electrons. The Morgan fingerprint density at radius 1 is 0.477 bits per heavy atom. The average Bonchev–Trinajstić information content (AvgIpc) is 1.59. The number of nitrogens with two attached hydrogens (primary N) is 5. The summed E-state index contributed by atoms with van der Waals surface area (Å²) in [6.45, 7) is 15.1. The molecule has 0 bridgehead atoms. The minimum absolute atomic E-state index is 0.000837. The summed E-state index contributed by atoms with van der Waals surface area (Å²) in [7, 11) is 6.79. The number of rotatable bonds is 16. The van der Waals surface area contributed by atoms with Gasteiger partial charge in [0, 0.05) is 81.7 Å². The third-order valence-corrected chi connectivity index (χ3v) is 19.5. The lowest BCUT2D eigenvalue weighted by Gasteiger charge is -2.25. The van der Waals surface area contributed by atoms with E-state index in [1.54, 1.807) is 94.4 Å². The summed E-state index contributed by atoms with van der Waals surface area (Å²) in [6, 6.07) is -0.795. The number of esters is 2. The molecule has 0 amide bonds. The predicted molar refractivity (Wildman–Crippen MR) is 378 cm³/mol. The Balaban J connectivity index is 0.000000144. The molecule has 4 unspecified atom stereocenters. The topological polar surface area (TPSA) is 598 Å². The Morgan fingerprint density at radius 3 is 1.13 bits per heavy atom. The second-order valence-corrected chi connectivity index (χ2v) is 29.0. The number of hydrogen-bond acceptors (Lipinski definition) is 32. The second-order valence-electron chi connectivity index (χ2n) is 29.0. The molecule has 8 aromatic rings. The molecule has 14 heterocycles. The van der Waals surface area contributed by atoms with E-state index >= 15 is 0 Å². The van der Waals surface area contributed by atoms with E-state index in [2.05, 4.69) is 39.9 Å². The predicted octanol–water partition coefficient (Wildman–Crippen LogP) is -2.08. The molecule has 40 nitrogen and oxygen atoms in total. The van der Waals surface area contributed by atoms with Crippen LogP contribution in [0.3, 0.4) is 0 Å². The molecule has 6 aliphatic rings. The van der Waals surface area contributed by atoms with Gasteiger partial charge in [-0.25, -0.2) is 19.9 Å². The van der Waals surface area contributed by atoms with Gasteiger partial charge in [-0.05, 0) is 46.5 Å². The Hall–Kier alpha value is -9.11. The number of Topliss-reactive ketones (excluding diaryl/α,β-unsaturated/α-hetero) is 1. The van der Waals surface area contributed by atoms with Crippen molar-refractivity contribution < 1.29 is 92.4 Å². The third-order valence-electron chi connectivity index (χ3n) is 19.5. The maximum absolute atomic E-state index is 12.7. The van der Waals surface area contributed by atoms with Gasteiger partial charge in [-0.15, -0.1) is 0 Å². The highest BCUT2D eigenvalue weighted by molar-refractivity contribution is 5.84. The number of nitrogens with one attached hydrogen (secondary N) is 4.